The Kier molecular flexibility index (Phi) is 5.77. The number of carbonyl (C=O) groups excluding carboxylic acids is 4. The number of benzene rings is 1. The number of ether oxygens (including phenoxy) is 1. The maximum atomic E-state index is 13.7. The van der Waals surface area contributed by atoms with Crippen LogP contribution in [0.3, 0.4) is 0 Å². The second-order valence-corrected chi connectivity index (χ2v) is 11.1. The highest BCUT2D eigenvalue weighted by molar-refractivity contribution is 9.09. The lowest BCUT2D eigenvalue weighted by Crippen LogP contribution is -2.60. The van der Waals surface area contributed by atoms with Gasteiger partial charge in [-0.3, -0.25) is 29.0 Å². The Morgan fingerprint density at radius 3 is 2.46 bits per heavy atom. The van der Waals surface area contributed by atoms with E-state index in [2.05, 4.69) is 15.9 Å². The van der Waals surface area contributed by atoms with E-state index in [0.717, 1.165) is 4.90 Å². The van der Waals surface area contributed by atoms with Gasteiger partial charge in [-0.1, -0.05) is 33.6 Å². The Labute approximate surface area is 220 Å². The molecule has 4 aliphatic rings. The van der Waals surface area contributed by atoms with Crippen LogP contribution in [0.4, 0.5) is 0 Å². The van der Waals surface area contributed by atoms with Gasteiger partial charge in [0.15, 0.2) is 9.75 Å². The number of alkyl halides is 3. The van der Waals surface area contributed by atoms with Gasteiger partial charge >= 0.3 is 0 Å². The van der Waals surface area contributed by atoms with E-state index in [1.807, 2.05) is 6.08 Å². The zero-order valence-corrected chi connectivity index (χ0v) is 22.1. The minimum absolute atomic E-state index is 0.0533. The molecule has 1 aromatic carbocycles. The first kappa shape index (κ1) is 24.6. The number of phenols is 1. The van der Waals surface area contributed by atoms with E-state index in [4.69, 9.17) is 27.9 Å². The summed E-state index contributed by atoms with van der Waals surface area (Å²) in [5, 5.41) is 10.0. The number of methoxy groups -OCH3 is 1. The van der Waals surface area contributed by atoms with Crippen molar-refractivity contribution >= 4 is 62.8 Å². The molecule has 2 saturated heterocycles. The van der Waals surface area contributed by atoms with Crippen LogP contribution in [-0.2, 0) is 19.2 Å². The van der Waals surface area contributed by atoms with E-state index in [1.54, 1.807) is 13.0 Å². The van der Waals surface area contributed by atoms with Gasteiger partial charge in [-0.2, -0.15) is 0 Å². The van der Waals surface area contributed by atoms with Crippen LogP contribution >= 0.6 is 39.1 Å². The van der Waals surface area contributed by atoms with Crippen LogP contribution in [0, 0.1) is 17.8 Å². The van der Waals surface area contributed by atoms with Crippen molar-refractivity contribution in [2.24, 2.45) is 17.8 Å². The van der Waals surface area contributed by atoms with Crippen molar-refractivity contribution < 1.29 is 29.0 Å². The number of amides is 4. The molecule has 1 saturated carbocycles. The van der Waals surface area contributed by atoms with Crippen molar-refractivity contribution in [1.82, 2.24) is 9.80 Å². The number of nitrogens with zero attached hydrogens (tertiary/aromatic N) is 2. The molecule has 8 nitrogen and oxygen atoms in total. The largest absolute Gasteiger partial charge is 0.508 e. The Morgan fingerprint density at radius 2 is 1.83 bits per heavy atom. The van der Waals surface area contributed by atoms with E-state index in [0.29, 0.717) is 17.6 Å². The number of likely N-dealkylation sites (tertiary alicyclic amines) is 2. The molecule has 3 fully saturated rings. The van der Waals surface area contributed by atoms with Crippen LogP contribution in [0.2, 0.25) is 0 Å². The topological polar surface area (TPSA) is 104 Å². The summed E-state index contributed by atoms with van der Waals surface area (Å²) in [7, 11) is 1.42. The van der Waals surface area contributed by atoms with Crippen LogP contribution in [-0.4, -0.2) is 67.4 Å². The summed E-state index contributed by atoms with van der Waals surface area (Å²) in [6.07, 6.45) is 2.11. The van der Waals surface area contributed by atoms with Gasteiger partial charge < -0.3 is 9.84 Å². The molecular weight excluding hydrogens is 563 g/mol. The minimum Gasteiger partial charge on any atom is -0.508 e. The van der Waals surface area contributed by atoms with E-state index in [1.165, 1.54) is 24.1 Å². The average Bonchev–Trinajstić information content (AvgIpc) is 3.17. The number of fused-ring (bicyclic) bond motifs is 4. The van der Waals surface area contributed by atoms with Gasteiger partial charge in [-0.05, 0) is 31.7 Å². The molecule has 186 valence electrons. The zero-order valence-electron chi connectivity index (χ0n) is 19.0. The summed E-state index contributed by atoms with van der Waals surface area (Å²) >= 11 is 17.5. The molecule has 2 heterocycles. The number of imide groups is 2. The SMILES string of the molecule is CCN1C(=O)[C@H]2[C@H](CC=C3[C@H]2C[C@@]2(Cl)C(=O)N(CBr)C(=O)[C@@]2(Cl)[C@H]3c2ccc(O)cc2OC)C1=O. The van der Waals surface area contributed by atoms with Crippen LogP contribution in [0.1, 0.15) is 31.2 Å². The van der Waals surface area contributed by atoms with E-state index < -0.39 is 45.2 Å². The quantitative estimate of drug-likeness (QED) is 0.252. The first-order chi connectivity index (χ1) is 16.6. The van der Waals surface area contributed by atoms with Gasteiger partial charge in [-0.15, -0.1) is 23.2 Å². The van der Waals surface area contributed by atoms with Gasteiger partial charge in [0.25, 0.3) is 11.8 Å². The number of carbonyl (C=O) groups is 4. The molecule has 4 amide bonds. The predicted molar refractivity (Wildman–Crippen MR) is 130 cm³/mol. The van der Waals surface area contributed by atoms with Crippen molar-refractivity contribution in [2.45, 2.75) is 35.4 Å². The molecule has 6 atom stereocenters. The van der Waals surface area contributed by atoms with Crippen molar-refractivity contribution in [3.63, 3.8) is 0 Å². The fourth-order valence-corrected chi connectivity index (χ4v) is 7.83. The number of halogens is 3. The van der Waals surface area contributed by atoms with Crippen molar-refractivity contribution in [3.8, 4) is 11.5 Å². The molecule has 11 heteroatoms. The Balaban J connectivity index is 1.76. The molecule has 0 aromatic heterocycles. The maximum Gasteiger partial charge on any atom is 0.254 e. The molecule has 2 aliphatic heterocycles. The normalized spacial score (nSPS) is 36.2. The first-order valence-electron chi connectivity index (χ1n) is 11.3. The van der Waals surface area contributed by atoms with Crippen LogP contribution in [0.25, 0.3) is 0 Å². The summed E-state index contributed by atoms with van der Waals surface area (Å²) in [6, 6.07) is 4.42. The third-order valence-electron chi connectivity index (χ3n) is 7.95. The minimum atomic E-state index is -1.91. The molecule has 35 heavy (non-hydrogen) atoms. The maximum absolute atomic E-state index is 13.7. The molecule has 1 N–H and O–H groups in total. The van der Waals surface area contributed by atoms with E-state index >= 15 is 0 Å². The van der Waals surface area contributed by atoms with Crippen LogP contribution in [0.5, 0.6) is 11.5 Å². The average molecular weight is 586 g/mol. The monoisotopic (exact) mass is 584 g/mol. The number of hydrogen-bond acceptors (Lipinski definition) is 6. The third-order valence-corrected chi connectivity index (χ3v) is 9.87. The van der Waals surface area contributed by atoms with E-state index in [9.17, 15) is 24.3 Å². The van der Waals surface area contributed by atoms with Gasteiger partial charge in [0.2, 0.25) is 11.8 Å². The molecule has 0 bridgehead atoms. The Bertz CT molecular complexity index is 1210. The molecule has 2 aliphatic carbocycles. The Hall–Kier alpha value is -2.10. The highest BCUT2D eigenvalue weighted by atomic mass is 79.9. The summed E-state index contributed by atoms with van der Waals surface area (Å²) in [5.41, 5.74) is 1.05. The number of allylic oxidation sites excluding steroid dienone is 2. The van der Waals surface area contributed by atoms with E-state index in [-0.39, 0.29) is 41.7 Å². The molecule has 0 radical (unpaired) electrons. The molecular formula is C24H23BrCl2N2O6. The van der Waals surface area contributed by atoms with Crippen molar-refractivity contribution in [2.75, 3.05) is 19.1 Å². The second kappa shape index (κ2) is 8.21. The molecule has 1 aromatic rings. The lowest BCUT2D eigenvalue weighted by atomic mass is 9.56. The number of hydrogen-bond donors (Lipinski definition) is 1. The summed E-state index contributed by atoms with van der Waals surface area (Å²) in [6.45, 7) is 1.99. The van der Waals surface area contributed by atoms with Crippen LogP contribution in [0.15, 0.2) is 29.8 Å². The smallest absolute Gasteiger partial charge is 0.254 e. The van der Waals surface area contributed by atoms with Gasteiger partial charge in [0.1, 0.15) is 11.5 Å². The van der Waals surface area contributed by atoms with Gasteiger partial charge in [-0.25, -0.2) is 0 Å². The lowest BCUT2D eigenvalue weighted by Gasteiger charge is -2.51. The number of aromatic hydroxyl groups is 1. The third kappa shape index (κ3) is 2.98. The number of rotatable bonds is 4. The fraction of sp³-hybridized carbons (Fsp3) is 0.500. The summed E-state index contributed by atoms with van der Waals surface area (Å²) in [5.74, 6) is -4.40. The predicted octanol–water partition coefficient (Wildman–Crippen LogP) is 3.13. The standard InChI is InChI=1S/C24H23BrCl2N2O6/c1-3-28-19(31)14-7-6-12-15(17(14)20(28)32)9-23(26)21(33)29(10-25)22(34)24(23,27)18(12)13-5-4-11(30)8-16(13)35-2/h4-6,8,14-15,17-18,30H,3,7,9-10H2,1-2H3/t14-,15+,17-,18+,23+,24-/m0/s1. The molecule has 5 rings (SSSR count). The first-order valence-corrected chi connectivity index (χ1v) is 13.2. The molecule has 0 spiro atoms. The summed E-state index contributed by atoms with van der Waals surface area (Å²) in [4.78, 5) is 52.0. The second-order valence-electron chi connectivity index (χ2n) is 9.33. The fourth-order valence-electron chi connectivity index (χ4n) is 6.41. The van der Waals surface area contributed by atoms with Crippen molar-refractivity contribution in [1.29, 1.82) is 0 Å². The highest BCUT2D eigenvalue weighted by Crippen LogP contribution is 2.66. The van der Waals surface area contributed by atoms with Crippen molar-refractivity contribution in [3.05, 3.63) is 35.4 Å². The van der Waals surface area contributed by atoms with Gasteiger partial charge in [0, 0.05) is 24.1 Å². The zero-order chi connectivity index (χ0) is 25.4. The Morgan fingerprint density at radius 1 is 1.11 bits per heavy atom. The van der Waals surface area contributed by atoms with Gasteiger partial charge in [0.05, 0.1) is 24.4 Å². The summed E-state index contributed by atoms with van der Waals surface area (Å²) < 4.78 is 5.52. The lowest BCUT2D eigenvalue weighted by molar-refractivity contribution is -0.141. The number of phenolic OH excluding ortho intramolecular Hbond substituents is 1. The van der Waals surface area contributed by atoms with Crippen LogP contribution < -0.4 is 4.74 Å². The highest BCUT2D eigenvalue weighted by Gasteiger charge is 2.76. The molecule has 0 unspecified atom stereocenters.